The third-order valence-corrected chi connectivity index (χ3v) is 4.18. The van der Waals surface area contributed by atoms with E-state index in [0.29, 0.717) is 6.54 Å². The summed E-state index contributed by atoms with van der Waals surface area (Å²) in [6.07, 6.45) is 5.29. The van der Waals surface area contributed by atoms with Gasteiger partial charge in [-0.25, -0.2) is 14.5 Å². The second-order valence-electron chi connectivity index (χ2n) is 5.83. The number of nitrogens with one attached hydrogen (secondary N) is 1. The Morgan fingerprint density at radius 2 is 2.00 bits per heavy atom. The molecule has 0 fully saturated rings. The number of urea groups is 1. The first kappa shape index (κ1) is 16.7. The van der Waals surface area contributed by atoms with Crippen molar-refractivity contribution in [2.45, 2.75) is 19.5 Å². The van der Waals surface area contributed by atoms with E-state index in [-0.39, 0.29) is 12.1 Å². The van der Waals surface area contributed by atoms with Crippen molar-refractivity contribution < 1.29 is 4.79 Å². The summed E-state index contributed by atoms with van der Waals surface area (Å²) in [5, 5.41) is 7.07. The molecule has 0 saturated heterocycles. The Morgan fingerprint density at radius 1 is 1.20 bits per heavy atom. The number of rotatable bonds is 5. The zero-order valence-electron chi connectivity index (χ0n) is 14.3. The predicted molar refractivity (Wildman–Crippen MR) is 96.2 cm³/mol. The van der Waals surface area contributed by atoms with Crippen molar-refractivity contribution in [3.8, 4) is 5.82 Å². The van der Waals surface area contributed by atoms with Crippen molar-refractivity contribution >= 4 is 6.03 Å². The van der Waals surface area contributed by atoms with Gasteiger partial charge in [-0.05, 0) is 30.2 Å². The van der Waals surface area contributed by atoms with Crippen LogP contribution in [0.15, 0.2) is 67.1 Å². The summed E-state index contributed by atoms with van der Waals surface area (Å²) in [5.74, 6) is 0.745. The lowest BCUT2D eigenvalue weighted by atomic mass is 10.1. The third-order valence-electron chi connectivity index (χ3n) is 4.18. The molecule has 0 aliphatic heterocycles. The van der Waals surface area contributed by atoms with Gasteiger partial charge in [-0.3, -0.25) is 0 Å². The smallest absolute Gasteiger partial charge is 0.317 e. The summed E-state index contributed by atoms with van der Waals surface area (Å²) < 4.78 is 1.69. The van der Waals surface area contributed by atoms with E-state index in [1.54, 1.807) is 29.0 Å². The number of carbonyl (C=O) groups is 1. The number of benzene rings is 1. The zero-order chi connectivity index (χ0) is 17.6. The first-order valence-corrected chi connectivity index (χ1v) is 8.15. The van der Waals surface area contributed by atoms with E-state index in [0.717, 1.165) is 16.9 Å². The molecular formula is C19H21N5O. The van der Waals surface area contributed by atoms with Gasteiger partial charge in [-0.15, -0.1) is 0 Å². The Bertz CT molecular complexity index is 800. The molecule has 0 saturated carbocycles. The first-order chi connectivity index (χ1) is 12.1. The standard InChI is InChI=1S/C19H21N5O/c1-15(17-7-4-3-5-8-17)23(2)19(25)21-14-16-9-10-18(20-13-16)24-12-6-11-22-24/h3-13,15H,14H2,1-2H3,(H,21,25). The van der Waals surface area contributed by atoms with Gasteiger partial charge in [0.2, 0.25) is 0 Å². The van der Waals surface area contributed by atoms with Crippen LogP contribution in [0.3, 0.4) is 0 Å². The van der Waals surface area contributed by atoms with Crippen LogP contribution < -0.4 is 5.32 Å². The minimum absolute atomic E-state index is 0.00140. The summed E-state index contributed by atoms with van der Waals surface area (Å²) in [7, 11) is 1.80. The van der Waals surface area contributed by atoms with E-state index in [4.69, 9.17) is 0 Å². The van der Waals surface area contributed by atoms with Gasteiger partial charge >= 0.3 is 6.03 Å². The van der Waals surface area contributed by atoms with Gasteiger partial charge in [-0.2, -0.15) is 5.10 Å². The fourth-order valence-corrected chi connectivity index (χ4v) is 2.49. The van der Waals surface area contributed by atoms with E-state index < -0.39 is 0 Å². The highest BCUT2D eigenvalue weighted by Crippen LogP contribution is 2.18. The lowest BCUT2D eigenvalue weighted by Gasteiger charge is -2.25. The van der Waals surface area contributed by atoms with E-state index in [1.807, 2.05) is 61.7 Å². The summed E-state index contributed by atoms with van der Waals surface area (Å²) in [6, 6.07) is 15.5. The molecule has 1 unspecified atom stereocenters. The molecule has 1 atom stereocenters. The molecule has 0 aliphatic rings. The van der Waals surface area contributed by atoms with Crippen LogP contribution in [-0.4, -0.2) is 32.7 Å². The van der Waals surface area contributed by atoms with E-state index in [9.17, 15) is 4.79 Å². The third kappa shape index (κ3) is 4.03. The summed E-state index contributed by atoms with van der Waals surface area (Å²) in [4.78, 5) is 18.4. The van der Waals surface area contributed by atoms with E-state index in [1.165, 1.54) is 0 Å². The molecule has 0 bridgehead atoms. The van der Waals surface area contributed by atoms with Gasteiger partial charge in [0.05, 0.1) is 6.04 Å². The summed E-state index contributed by atoms with van der Waals surface area (Å²) in [5.41, 5.74) is 2.04. The topological polar surface area (TPSA) is 63.1 Å². The van der Waals surface area contributed by atoms with Crippen LogP contribution in [0.1, 0.15) is 24.1 Å². The fraction of sp³-hybridized carbons (Fsp3) is 0.211. The number of pyridine rings is 1. The highest BCUT2D eigenvalue weighted by Gasteiger charge is 2.16. The number of hydrogen-bond acceptors (Lipinski definition) is 3. The first-order valence-electron chi connectivity index (χ1n) is 8.15. The van der Waals surface area contributed by atoms with Gasteiger partial charge in [-0.1, -0.05) is 36.4 Å². The van der Waals surface area contributed by atoms with Gasteiger partial charge in [0, 0.05) is 32.2 Å². The minimum Gasteiger partial charge on any atom is -0.334 e. The quantitative estimate of drug-likeness (QED) is 0.779. The highest BCUT2D eigenvalue weighted by atomic mass is 16.2. The Hall–Kier alpha value is -3.15. The van der Waals surface area contributed by atoms with Crippen molar-refractivity contribution in [1.82, 2.24) is 25.0 Å². The van der Waals surface area contributed by atoms with Gasteiger partial charge < -0.3 is 10.2 Å². The maximum Gasteiger partial charge on any atom is 0.317 e. The largest absolute Gasteiger partial charge is 0.334 e. The van der Waals surface area contributed by atoms with Crippen LogP contribution >= 0.6 is 0 Å². The number of amides is 2. The molecule has 128 valence electrons. The van der Waals surface area contributed by atoms with Crippen molar-refractivity contribution in [3.63, 3.8) is 0 Å². The average molecular weight is 335 g/mol. The fourth-order valence-electron chi connectivity index (χ4n) is 2.49. The maximum absolute atomic E-state index is 12.4. The molecule has 0 radical (unpaired) electrons. The molecule has 3 aromatic rings. The summed E-state index contributed by atoms with van der Waals surface area (Å²) >= 11 is 0. The Kier molecular flexibility index (Phi) is 5.09. The maximum atomic E-state index is 12.4. The van der Waals surface area contributed by atoms with Gasteiger partial charge in [0.15, 0.2) is 5.82 Å². The lowest BCUT2D eigenvalue weighted by Crippen LogP contribution is -2.38. The molecule has 0 spiro atoms. The Balaban J connectivity index is 1.56. The van der Waals surface area contributed by atoms with Crippen LogP contribution in [-0.2, 0) is 6.54 Å². The Morgan fingerprint density at radius 3 is 2.64 bits per heavy atom. The molecule has 2 aromatic heterocycles. The zero-order valence-corrected chi connectivity index (χ0v) is 14.3. The molecule has 3 rings (SSSR count). The van der Waals surface area contributed by atoms with Crippen LogP contribution in [0, 0.1) is 0 Å². The van der Waals surface area contributed by atoms with Crippen molar-refractivity contribution in [2.75, 3.05) is 7.05 Å². The number of aromatic nitrogens is 3. The number of carbonyl (C=O) groups excluding carboxylic acids is 1. The van der Waals surface area contributed by atoms with Crippen LogP contribution in [0.2, 0.25) is 0 Å². The van der Waals surface area contributed by atoms with E-state index >= 15 is 0 Å². The lowest BCUT2D eigenvalue weighted by molar-refractivity contribution is 0.194. The van der Waals surface area contributed by atoms with Gasteiger partial charge in [0.1, 0.15) is 0 Å². The van der Waals surface area contributed by atoms with E-state index in [2.05, 4.69) is 15.4 Å². The minimum atomic E-state index is -0.118. The van der Waals surface area contributed by atoms with Crippen molar-refractivity contribution in [1.29, 1.82) is 0 Å². The Labute approximate surface area is 147 Å². The summed E-state index contributed by atoms with van der Waals surface area (Å²) in [6.45, 7) is 2.44. The number of hydrogen-bond donors (Lipinski definition) is 1. The van der Waals surface area contributed by atoms with Crippen molar-refractivity contribution in [2.24, 2.45) is 0 Å². The van der Waals surface area contributed by atoms with Gasteiger partial charge in [0.25, 0.3) is 0 Å². The molecule has 1 N–H and O–H groups in total. The molecule has 2 heterocycles. The van der Waals surface area contributed by atoms with Crippen LogP contribution in [0.4, 0.5) is 4.79 Å². The van der Waals surface area contributed by atoms with Crippen molar-refractivity contribution in [3.05, 3.63) is 78.2 Å². The SMILES string of the molecule is CC(c1ccccc1)N(C)C(=O)NCc1ccc(-n2cccn2)nc1. The molecule has 25 heavy (non-hydrogen) atoms. The normalized spacial score (nSPS) is 11.8. The van der Waals surface area contributed by atoms with Crippen LogP contribution in [0.25, 0.3) is 5.82 Å². The molecular weight excluding hydrogens is 314 g/mol. The molecule has 2 amide bonds. The monoisotopic (exact) mass is 335 g/mol. The second-order valence-corrected chi connectivity index (χ2v) is 5.83. The highest BCUT2D eigenvalue weighted by molar-refractivity contribution is 5.74. The van der Waals surface area contributed by atoms with Crippen LogP contribution in [0.5, 0.6) is 0 Å². The second kappa shape index (κ2) is 7.61. The average Bonchev–Trinajstić information content (AvgIpc) is 3.21. The molecule has 0 aliphatic carbocycles. The molecule has 6 nitrogen and oxygen atoms in total. The number of nitrogens with zero attached hydrogens (tertiary/aromatic N) is 4. The molecule has 6 heteroatoms. The molecule has 1 aromatic carbocycles. The predicted octanol–water partition coefficient (Wildman–Crippen LogP) is 3.17.